The number of epoxide rings is 1. The van der Waals surface area contributed by atoms with Gasteiger partial charge in [-0.2, -0.15) is 0 Å². The molecule has 35 heteroatoms. The largest absolute Gasteiger partial charge is 0.390 e. The molecule has 0 aromatic carbocycles. The standard InChI is InChI=1S/2C9H21B2I2NO2P2.C7H17BINOP.C6H14.C5H13BINOP.C4H8BIOP.C4H8BIP/c2*1-8(15,4-11-17-12)5-14(3)6-9(2,16)7-18(10)13;1-7(11-4,5-8-12-9)6-10(2)3;1-5-6(2,3)4;1-5(9,4-8-2)3-6-10-7;1-4(3-7-4)2-5-8-6;1-4(2)3-5-7-6/h2*10,15-17H,4-7H2,1-3H3;12H,5-6H2,1-4H3;5H2,1-4H3;8-10H,3-4H2,1-2H3;8H,2-3H2,1H3;7H,1,3H2,2H3. The van der Waals surface area contributed by atoms with Gasteiger partial charge in [0.25, 0.3) is 0 Å². The number of aliphatic hydroxyl groups is 5. The summed E-state index contributed by atoms with van der Waals surface area (Å²) in [6.45, 7) is 46.3. The molecule has 79 heavy (non-hydrogen) atoms. The number of nitrogens with one attached hydrogen (secondary N) is 1. The number of rotatable bonds is 35. The summed E-state index contributed by atoms with van der Waals surface area (Å²) in [6.07, 6.45) is 13.1. The van der Waals surface area contributed by atoms with Crippen LogP contribution in [0.3, 0.4) is 0 Å². The number of ether oxygens (including phenoxy) is 2. The zero-order valence-electron chi connectivity index (χ0n) is 51.2. The van der Waals surface area contributed by atoms with E-state index in [9.17, 15) is 25.5 Å². The van der Waals surface area contributed by atoms with Crippen LogP contribution in [0.25, 0.3) is 0 Å². The van der Waals surface area contributed by atoms with Crippen molar-refractivity contribution in [2.24, 2.45) is 5.41 Å². The number of likely N-dealkylation sites (N-methyl/N-ethyl adjacent to an activating group) is 4. The molecule has 460 valence electrons. The highest BCUT2D eigenvalue weighted by Crippen LogP contribution is 2.43. The van der Waals surface area contributed by atoms with Crippen LogP contribution in [0.15, 0.2) is 12.2 Å². The maximum atomic E-state index is 10.3. The molecule has 1 saturated heterocycles. The van der Waals surface area contributed by atoms with E-state index in [4.69, 9.17) is 9.47 Å². The molecule has 0 bridgehead atoms. The van der Waals surface area contributed by atoms with Crippen molar-refractivity contribution in [3.05, 3.63) is 12.2 Å². The first-order valence-corrected chi connectivity index (χ1v) is 59.7. The smallest absolute Gasteiger partial charge is 0.160 e. The zero-order valence-corrected chi connectivity index (χ0v) is 76.3. The van der Waals surface area contributed by atoms with Crippen molar-refractivity contribution in [2.75, 3.05) is 101 Å². The molecule has 8 radical (unpaired) electrons. The minimum absolute atomic E-state index is 0.0122. The molecule has 0 spiro atoms. The van der Waals surface area contributed by atoms with Crippen molar-refractivity contribution in [2.45, 2.75) is 167 Å². The van der Waals surface area contributed by atoms with Crippen LogP contribution in [0.2, 0.25) is 37.9 Å². The van der Waals surface area contributed by atoms with E-state index in [1.54, 1.807) is 7.11 Å². The van der Waals surface area contributed by atoms with Gasteiger partial charge in [-0.25, -0.2) is 0 Å². The van der Waals surface area contributed by atoms with Crippen LogP contribution in [0.4, 0.5) is 0 Å². The molecule has 1 aliphatic heterocycles. The van der Waals surface area contributed by atoms with Gasteiger partial charge in [-0.15, -0.1) is 6.58 Å². The lowest BCUT2D eigenvalue weighted by molar-refractivity contribution is 0.00315. The topological polar surface area (TPSA) is 145 Å². The average molecular weight is 2150 g/mol. The normalized spacial score (nSPS) is 19.8. The Balaban J connectivity index is -0.000000204. The maximum absolute atomic E-state index is 10.3. The van der Waals surface area contributed by atoms with Crippen molar-refractivity contribution in [1.29, 1.82) is 0 Å². The molecule has 15 atom stereocenters. The van der Waals surface area contributed by atoms with Crippen LogP contribution < -0.4 is 5.32 Å². The second-order valence-corrected chi connectivity index (χ2v) is 48.8. The average Bonchev–Trinajstić information content (AvgIpc) is 4.03. The highest BCUT2D eigenvalue weighted by atomic mass is 127. The first-order chi connectivity index (χ1) is 35.9. The van der Waals surface area contributed by atoms with Crippen LogP contribution in [-0.2, 0) is 9.47 Å². The summed E-state index contributed by atoms with van der Waals surface area (Å²) in [7, 11) is 19.6. The van der Waals surface area contributed by atoms with Gasteiger partial charge < -0.3 is 55.0 Å². The van der Waals surface area contributed by atoms with E-state index in [1.807, 2.05) is 72.5 Å². The zero-order chi connectivity index (χ0) is 63.4. The Labute approximate surface area is 611 Å². The summed E-state index contributed by atoms with van der Waals surface area (Å²) in [5.41, 5.74) is -2.20. The number of methoxy groups -OCH3 is 1. The van der Waals surface area contributed by atoms with Crippen LogP contribution in [0.5, 0.6) is 0 Å². The lowest BCUT2D eigenvalue weighted by atomic mass is 9.86. The highest BCUT2D eigenvalue weighted by Gasteiger charge is 2.38. The quantitative estimate of drug-likeness (QED) is 0.0119. The van der Waals surface area contributed by atoms with Gasteiger partial charge in [0.15, 0.2) is 42.0 Å². The van der Waals surface area contributed by atoms with Crippen LogP contribution in [-0.4, -0.2) is 237 Å². The third-order valence-electron chi connectivity index (χ3n) is 10.5. The molecule has 0 saturated carbocycles. The van der Waals surface area contributed by atoms with Crippen LogP contribution in [0, 0.1) is 5.41 Å². The van der Waals surface area contributed by atoms with Crippen molar-refractivity contribution < 1.29 is 35.0 Å². The fraction of sp³-hybridized carbons (Fsp3) is 0.955. The molecule has 15 unspecified atom stereocenters. The van der Waals surface area contributed by atoms with E-state index in [-0.39, 0.29) is 22.1 Å². The van der Waals surface area contributed by atoms with Crippen molar-refractivity contribution in [3.63, 3.8) is 0 Å². The first-order valence-electron chi connectivity index (χ1n) is 25.6. The monoisotopic (exact) mass is 2150 g/mol. The minimum atomic E-state index is -0.728. The molecule has 0 aromatic heterocycles. The molecule has 1 fully saturated rings. The highest BCUT2D eigenvalue weighted by molar-refractivity contribution is 14.2. The molecular formula is C44H102B8I8N4O7P8. The molecule has 0 aliphatic carbocycles. The van der Waals surface area contributed by atoms with E-state index in [0.29, 0.717) is 50.8 Å². The summed E-state index contributed by atoms with van der Waals surface area (Å²) in [5.74, 6) is 0. The van der Waals surface area contributed by atoms with E-state index in [1.165, 1.54) is 12.0 Å². The number of allylic oxidation sites excluding steroid dienone is 1. The molecule has 0 amide bonds. The van der Waals surface area contributed by atoms with Gasteiger partial charge in [-0.1, -0.05) is 270 Å². The second-order valence-electron chi connectivity index (χ2n) is 23.2. The summed E-state index contributed by atoms with van der Waals surface area (Å²) in [6, 6.07) is 0. The minimum Gasteiger partial charge on any atom is -0.390 e. The van der Waals surface area contributed by atoms with Gasteiger partial charge in [0.1, 0.15) is 15.1 Å². The Morgan fingerprint density at radius 1 is 0.633 bits per heavy atom. The number of halogens is 8. The van der Waals surface area contributed by atoms with E-state index in [2.05, 4.69) is 306 Å². The predicted octanol–water partition coefficient (Wildman–Crippen LogP) is 14.2. The van der Waals surface area contributed by atoms with Gasteiger partial charge in [0.05, 0.1) is 45.8 Å². The Morgan fingerprint density at radius 2 is 0.949 bits per heavy atom. The summed E-state index contributed by atoms with van der Waals surface area (Å²) in [4.78, 5) is 6.16. The van der Waals surface area contributed by atoms with Gasteiger partial charge in [-0.3, -0.25) is 0 Å². The van der Waals surface area contributed by atoms with Crippen LogP contribution >= 0.6 is 224 Å². The van der Waals surface area contributed by atoms with Crippen LogP contribution in [0.1, 0.15) is 89.5 Å². The van der Waals surface area contributed by atoms with Gasteiger partial charge >= 0.3 is 0 Å². The molecule has 1 rings (SSSR count). The number of hydrogen-bond donors (Lipinski definition) is 6. The summed E-state index contributed by atoms with van der Waals surface area (Å²) >= 11 is 18.6. The summed E-state index contributed by atoms with van der Waals surface area (Å²) < 4.78 is 10.6. The molecule has 0 aromatic rings. The third-order valence-corrected chi connectivity index (χ3v) is 24.6. The van der Waals surface area contributed by atoms with E-state index >= 15 is 0 Å². The third kappa shape index (κ3) is 81.3. The molecule has 1 aliphatic rings. The maximum Gasteiger partial charge on any atom is 0.160 e. The molecular weight excluding hydrogens is 2050 g/mol. The summed E-state index contributed by atoms with van der Waals surface area (Å²) in [5, 5.41) is 53.5. The molecule has 6 N–H and O–H groups in total. The Kier molecular flexibility index (Phi) is 72.0. The number of hydrogen-bond acceptors (Lipinski definition) is 11. The molecule has 1 heterocycles. The fourth-order valence-corrected chi connectivity index (χ4v) is 19.5. The van der Waals surface area contributed by atoms with Crippen molar-refractivity contribution in [3.8, 4) is 0 Å². The predicted molar refractivity (Wildman–Crippen MR) is 458 cm³/mol. The molecule has 11 nitrogen and oxygen atoms in total. The van der Waals surface area contributed by atoms with E-state index in [0.717, 1.165) is 87.4 Å². The SMILES string of the molecule is C=C(C)C[B]PI.CC1(C[B]PI)CO1.CCC(C)(C)C.CNCC(C)(O)C[B]PI.COC(C)(C[B]PI)CN(C)C.[BH]P(I)CC(C)(O)CN(C)CC(C)(O)C[B]PI.[BH]P(I)CC(C)(O)CN(C)CC(C)(O)C[B]PI. The first kappa shape index (κ1) is 99.2. The van der Waals surface area contributed by atoms with Gasteiger partial charge in [-0.05, 0) is 140 Å². The lowest BCUT2D eigenvalue weighted by Crippen LogP contribution is -2.47. The van der Waals surface area contributed by atoms with Gasteiger partial charge in [0, 0.05) is 46.4 Å². The van der Waals surface area contributed by atoms with E-state index < -0.39 is 28.0 Å². The van der Waals surface area contributed by atoms with Crippen molar-refractivity contribution >= 4 is 281 Å². The Hall–Kier alpha value is 9.10. The Bertz CT molecular complexity index is 1390. The van der Waals surface area contributed by atoms with Gasteiger partial charge in [0.2, 0.25) is 0 Å². The number of nitrogens with zero attached hydrogens (tertiary/aromatic N) is 3. The fourth-order valence-electron chi connectivity index (χ4n) is 6.48. The lowest BCUT2D eigenvalue weighted by Gasteiger charge is -2.34. The van der Waals surface area contributed by atoms with Crippen molar-refractivity contribution in [1.82, 2.24) is 20.0 Å². The second kappa shape index (κ2) is 57.4. The Morgan fingerprint density at radius 3 is 1.19 bits per heavy atom.